The summed E-state index contributed by atoms with van der Waals surface area (Å²) in [5.74, 6) is -0.278. The second kappa shape index (κ2) is 8.68. The molecule has 5 rings (SSSR count). The summed E-state index contributed by atoms with van der Waals surface area (Å²) in [5.41, 5.74) is 0.733. The summed E-state index contributed by atoms with van der Waals surface area (Å²) < 4.78 is 40.7. The topological polar surface area (TPSA) is 83.9 Å². The Morgan fingerprint density at radius 2 is 1.89 bits per heavy atom. The maximum Gasteiger partial charge on any atom is 0.416 e. The van der Waals surface area contributed by atoms with E-state index < -0.39 is 23.1 Å². The van der Waals surface area contributed by atoms with Crippen molar-refractivity contribution in [2.24, 2.45) is 0 Å². The van der Waals surface area contributed by atoms with Crippen LogP contribution in [-0.2, 0) is 6.18 Å². The highest BCUT2D eigenvalue weighted by Crippen LogP contribution is 2.33. The number of amides is 1. The number of carbonyl (C=O) groups is 1. The van der Waals surface area contributed by atoms with Crippen LogP contribution in [0.2, 0.25) is 0 Å². The molecule has 1 amide bonds. The maximum atomic E-state index is 13.2. The van der Waals surface area contributed by atoms with Crippen molar-refractivity contribution in [1.82, 2.24) is 24.6 Å². The van der Waals surface area contributed by atoms with Gasteiger partial charge in [-0.1, -0.05) is 6.07 Å². The van der Waals surface area contributed by atoms with Gasteiger partial charge in [-0.15, -0.1) is 0 Å². The number of carbonyl (C=O) groups excluding carboxylic acids is 1. The zero-order valence-electron chi connectivity index (χ0n) is 18.8. The predicted molar refractivity (Wildman–Crippen MR) is 124 cm³/mol. The normalized spacial score (nSPS) is 15.0. The lowest BCUT2D eigenvalue weighted by molar-refractivity contribution is -0.137. The molecule has 1 aromatic carbocycles. The average Bonchev–Trinajstić information content (AvgIpc) is 3.28. The van der Waals surface area contributed by atoms with Gasteiger partial charge in [-0.2, -0.15) is 18.3 Å². The van der Waals surface area contributed by atoms with Gasteiger partial charge in [0.25, 0.3) is 5.91 Å². The van der Waals surface area contributed by atoms with E-state index >= 15 is 0 Å². The van der Waals surface area contributed by atoms with Gasteiger partial charge in [0.2, 0.25) is 5.43 Å². The molecule has 0 radical (unpaired) electrons. The minimum absolute atomic E-state index is 0.123. The van der Waals surface area contributed by atoms with Gasteiger partial charge in [-0.05, 0) is 61.6 Å². The molecular formula is C25H22F3N5O2. The molecule has 180 valence electrons. The first kappa shape index (κ1) is 22.8. The fourth-order valence-corrected chi connectivity index (χ4v) is 4.63. The number of rotatable bonds is 3. The van der Waals surface area contributed by atoms with Crippen LogP contribution in [0.1, 0.15) is 46.1 Å². The monoisotopic (exact) mass is 481 g/mol. The molecule has 35 heavy (non-hydrogen) atoms. The first-order valence-electron chi connectivity index (χ1n) is 11.2. The van der Waals surface area contributed by atoms with Gasteiger partial charge in [-0.25, -0.2) is 9.67 Å². The zero-order chi connectivity index (χ0) is 24.7. The molecule has 1 aliphatic heterocycles. The molecule has 0 bridgehead atoms. The molecule has 3 aromatic heterocycles. The number of pyridine rings is 1. The number of likely N-dealkylation sites (tertiary alicyclic amines) is 1. The molecule has 7 nitrogen and oxygen atoms in total. The number of aromatic nitrogens is 4. The summed E-state index contributed by atoms with van der Waals surface area (Å²) in [4.78, 5) is 34.9. The minimum atomic E-state index is -4.52. The van der Waals surface area contributed by atoms with Gasteiger partial charge in [0.05, 0.1) is 11.3 Å². The van der Waals surface area contributed by atoms with Crippen molar-refractivity contribution in [2.75, 3.05) is 13.1 Å². The molecule has 1 aliphatic rings. The molecule has 0 aliphatic carbocycles. The number of fused-ring (bicyclic) bond motifs is 1. The smallest absolute Gasteiger partial charge is 0.346 e. The van der Waals surface area contributed by atoms with Crippen molar-refractivity contribution in [3.8, 4) is 5.69 Å². The Hall–Kier alpha value is -3.95. The fourth-order valence-electron chi connectivity index (χ4n) is 4.63. The molecule has 4 aromatic rings. The van der Waals surface area contributed by atoms with E-state index in [1.54, 1.807) is 18.0 Å². The van der Waals surface area contributed by atoms with E-state index in [9.17, 15) is 22.8 Å². The standard InChI is InChI=1S/C25H22F3N5O2/c1-15-12-21(34)22(31-33(15)18-5-2-4-17(13-18)25(26,27)28)24(35)32-10-7-16(8-11-32)20-14-30-23-19(20)6-3-9-29-23/h2-6,9,12-14,16H,7-8,10-11H2,1H3,(H,29,30). The Labute approximate surface area is 198 Å². The molecule has 0 atom stereocenters. The SMILES string of the molecule is Cc1cc(=O)c(C(=O)N2CCC(c3c[nH]c4ncccc34)CC2)nn1-c1cccc(C(F)(F)F)c1. The zero-order valence-corrected chi connectivity index (χ0v) is 18.8. The van der Waals surface area contributed by atoms with E-state index in [4.69, 9.17) is 0 Å². The Morgan fingerprint density at radius 1 is 1.11 bits per heavy atom. The number of hydrogen-bond acceptors (Lipinski definition) is 4. The van der Waals surface area contributed by atoms with Crippen LogP contribution in [0.25, 0.3) is 16.7 Å². The number of nitrogens with zero attached hydrogens (tertiary/aromatic N) is 4. The first-order chi connectivity index (χ1) is 16.7. The van der Waals surface area contributed by atoms with Crippen LogP contribution in [0.15, 0.2) is 59.7 Å². The molecule has 0 unspecified atom stereocenters. The molecule has 0 spiro atoms. The highest BCUT2D eigenvalue weighted by Gasteiger charge is 2.31. The van der Waals surface area contributed by atoms with Gasteiger partial charge in [0, 0.05) is 42.6 Å². The summed E-state index contributed by atoms with van der Waals surface area (Å²) in [7, 11) is 0. The Balaban J connectivity index is 1.38. The van der Waals surface area contributed by atoms with Gasteiger partial charge in [0.15, 0.2) is 5.69 Å². The Kier molecular flexibility index (Phi) is 5.66. The second-order valence-electron chi connectivity index (χ2n) is 8.67. The van der Waals surface area contributed by atoms with Crippen LogP contribution in [-0.4, -0.2) is 43.6 Å². The lowest BCUT2D eigenvalue weighted by Crippen LogP contribution is -2.41. The number of nitrogens with one attached hydrogen (secondary N) is 1. The van der Waals surface area contributed by atoms with E-state index in [-0.39, 0.29) is 17.3 Å². The van der Waals surface area contributed by atoms with Gasteiger partial charge >= 0.3 is 6.18 Å². The molecular weight excluding hydrogens is 459 g/mol. The molecule has 1 saturated heterocycles. The van der Waals surface area contributed by atoms with Gasteiger partial charge in [-0.3, -0.25) is 9.59 Å². The van der Waals surface area contributed by atoms with Crippen LogP contribution in [0.3, 0.4) is 0 Å². The highest BCUT2D eigenvalue weighted by molar-refractivity contribution is 5.92. The summed E-state index contributed by atoms with van der Waals surface area (Å²) in [6.45, 7) is 2.44. The van der Waals surface area contributed by atoms with Crippen molar-refractivity contribution >= 4 is 16.9 Å². The summed E-state index contributed by atoms with van der Waals surface area (Å²) in [6, 6.07) is 9.75. The second-order valence-corrected chi connectivity index (χ2v) is 8.67. The maximum absolute atomic E-state index is 13.2. The van der Waals surface area contributed by atoms with E-state index in [0.29, 0.717) is 31.6 Å². The number of alkyl halides is 3. The molecule has 4 heterocycles. The number of hydrogen-bond donors (Lipinski definition) is 1. The molecule has 10 heteroatoms. The van der Waals surface area contributed by atoms with Crippen molar-refractivity contribution in [1.29, 1.82) is 0 Å². The van der Waals surface area contributed by atoms with Crippen LogP contribution in [0, 0.1) is 6.92 Å². The minimum Gasteiger partial charge on any atom is -0.346 e. The van der Waals surface area contributed by atoms with E-state index in [1.807, 2.05) is 18.3 Å². The highest BCUT2D eigenvalue weighted by atomic mass is 19.4. The fraction of sp³-hybridized carbons (Fsp3) is 0.280. The van der Waals surface area contributed by atoms with E-state index in [0.717, 1.165) is 28.7 Å². The van der Waals surface area contributed by atoms with Crippen molar-refractivity contribution in [3.05, 3.63) is 87.6 Å². The summed E-state index contributed by atoms with van der Waals surface area (Å²) in [5, 5.41) is 5.24. The lowest BCUT2D eigenvalue weighted by atomic mass is 9.89. The third kappa shape index (κ3) is 4.31. The Morgan fingerprint density at radius 3 is 2.63 bits per heavy atom. The summed E-state index contributed by atoms with van der Waals surface area (Å²) in [6.07, 6.45) is 0.578. The largest absolute Gasteiger partial charge is 0.416 e. The molecule has 1 N–H and O–H groups in total. The van der Waals surface area contributed by atoms with Crippen LogP contribution in [0.5, 0.6) is 0 Å². The number of benzene rings is 1. The number of aromatic amines is 1. The first-order valence-corrected chi connectivity index (χ1v) is 11.2. The van der Waals surface area contributed by atoms with E-state index in [2.05, 4.69) is 15.1 Å². The average molecular weight is 481 g/mol. The van der Waals surface area contributed by atoms with Crippen molar-refractivity contribution in [3.63, 3.8) is 0 Å². The van der Waals surface area contributed by atoms with Gasteiger partial charge in [0.1, 0.15) is 5.65 Å². The number of aryl methyl sites for hydroxylation is 1. The van der Waals surface area contributed by atoms with E-state index in [1.165, 1.54) is 22.9 Å². The number of H-pyrrole nitrogens is 1. The van der Waals surface area contributed by atoms with Crippen molar-refractivity contribution in [2.45, 2.75) is 31.9 Å². The number of piperidine rings is 1. The Bertz CT molecular complexity index is 1470. The summed E-state index contributed by atoms with van der Waals surface area (Å²) >= 11 is 0. The number of halogens is 3. The lowest BCUT2D eigenvalue weighted by Gasteiger charge is -2.31. The van der Waals surface area contributed by atoms with Crippen LogP contribution in [0.4, 0.5) is 13.2 Å². The molecule has 0 saturated carbocycles. The van der Waals surface area contributed by atoms with Crippen molar-refractivity contribution < 1.29 is 18.0 Å². The van der Waals surface area contributed by atoms with Crippen LogP contribution < -0.4 is 5.43 Å². The quantitative estimate of drug-likeness (QED) is 0.469. The molecule has 1 fully saturated rings. The van der Waals surface area contributed by atoms with Gasteiger partial charge < -0.3 is 9.88 Å². The van der Waals surface area contributed by atoms with Crippen LogP contribution >= 0.6 is 0 Å². The third-order valence-electron chi connectivity index (χ3n) is 6.43. The predicted octanol–water partition coefficient (Wildman–Crippen LogP) is 4.46. The third-order valence-corrected chi connectivity index (χ3v) is 6.43.